The van der Waals surface area contributed by atoms with Crippen molar-refractivity contribution in [2.24, 2.45) is 7.05 Å². The van der Waals surface area contributed by atoms with Crippen molar-refractivity contribution in [1.82, 2.24) is 14.5 Å². The summed E-state index contributed by atoms with van der Waals surface area (Å²) in [6.07, 6.45) is 0. The molecule has 6 nitrogen and oxygen atoms in total. The number of aryl methyl sites for hydroxylation is 1. The van der Waals surface area contributed by atoms with Gasteiger partial charge >= 0.3 is 5.97 Å². The number of esters is 1. The highest BCUT2D eigenvalue weighted by molar-refractivity contribution is 5.96. The van der Waals surface area contributed by atoms with Crippen LogP contribution in [-0.4, -0.2) is 60.3 Å². The molecular weight excluding hydrogens is 304 g/mol. The molecule has 2 heterocycles. The maximum atomic E-state index is 12.0. The first-order valence-electron chi connectivity index (χ1n) is 8.68. The Morgan fingerprint density at radius 1 is 1.17 bits per heavy atom. The number of carbonyl (C=O) groups is 1. The van der Waals surface area contributed by atoms with E-state index in [1.54, 1.807) is 6.92 Å². The van der Waals surface area contributed by atoms with Gasteiger partial charge in [0, 0.05) is 33.2 Å². The first-order valence-corrected chi connectivity index (χ1v) is 8.68. The summed E-state index contributed by atoms with van der Waals surface area (Å²) in [5, 5.41) is 0. The smallest absolute Gasteiger partial charge is 0.374 e. The highest BCUT2D eigenvalue weighted by atomic mass is 16.5. The van der Waals surface area contributed by atoms with Gasteiger partial charge in [-0.05, 0) is 26.1 Å². The van der Waals surface area contributed by atoms with E-state index in [0.29, 0.717) is 12.4 Å². The fraction of sp³-hybridized carbons (Fsp3) is 0.556. The fourth-order valence-electron chi connectivity index (χ4n) is 2.93. The number of carbonyl (C=O) groups excluding carboxylic acids is 1. The molecule has 0 unspecified atom stereocenters. The van der Waals surface area contributed by atoms with Crippen molar-refractivity contribution in [3.8, 4) is 0 Å². The van der Waals surface area contributed by atoms with Crippen molar-refractivity contribution in [3.05, 3.63) is 24.0 Å². The molecule has 2 aromatic rings. The minimum Gasteiger partial charge on any atom is -0.460 e. The second-order valence-electron chi connectivity index (χ2n) is 5.65. The van der Waals surface area contributed by atoms with E-state index in [4.69, 9.17) is 4.74 Å². The molecule has 1 aromatic carbocycles. The average molecular weight is 332 g/mol. The molecule has 0 amide bonds. The van der Waals surface area contributed by atoms with Gasteiger partial charge < -0.3 is 19.1 Å². The molecule has 0 N–H and O–H groups in total. The third-order valence-electron chi connectivity index (χ3n) is 4.17. The Balaban J connectivity index is 0.00000100. The normalized spacial score (nSPS) is 15.1. The molecule has 1 aliphatic rings. The topological polar surface area (TPSA) is 50.6 Å². The predicted octanol–water partition coefficient (Wildman–Crippen LogP) is 2.53. The predicted molar refractivity (Wildman–Crippen MR) is 97.7 cm³/mol. The largest absolute Gasteiger partial charge is 0.460 e. The van der Waals surface area contributed by atoms with E-state index < -0.39 is 0 Å². The van der Waals surface area contributed by atoms with E-state index in [0.717, 1.165) is 42.9 Å². The fourth-order valence-corrected chi connectivity index (χ4v) is 2.93. The number of ether oxygens (including phenoxy) is 1. The number of anilines is 1. The summed E-state index contributed by atoms with van der Waals surface area (Å²) in [6, 6.07) is 6.04. The zero-order valence-corrected chi connectivity index (χ0v) is 15.4. The quantitative estimate of drug-likeness (QED) is 0.809. The van der Waals surface area contributed by atoms with Gasteiger partial charge in [0.2, 0.25) is 5.82 Å². The Morgan fingerprint density at radius 3 is 2.46 bits per heavy atom. The summed E-state index contributed by atoms with van der Waals surface area (Å²) in [5.74, 6) is -0.0102. The van der Waals surface area contributed by atoms with E-state index in [2.05, 4.69) is 27.9 Å². The van der Waals surface area contributed by atoms with Gasteiger partial charge in [-0.2, -0.15) is 0 Å². The summed E-state index contributed by atoms with van der Waals surface area (Å²) >= 11 is 0. The summed E-state index contributed by atoms with van der Waals surface area (Å²) in [7, 11) is 4.02. The van der Waals surface area contributed by atoms with Gasteiger partial charge in [0.05, 0.1) is 23.3 Å². The lowest BCUT2D eigenvalue weighted by atomic mass is 10.2. The van der Waals surface area contributed by atoms with Gasteiger partial charge in [0.15, 0.2) is 0 Å². The Morgan fingerprint density at radius 2 is 1.83 bits per heavy atom. The van der Waals surface area contributed by atoms with Gasteiger partial charge in [-0.15, -0.1) is 0 Å². The van der Waals surface area contributed by atoms with Crippen molar-refractivity contribution in [2.45, 2.75) is 20.8 Å². The van der Waals surface area contributed by atoms with Gasteiger partial charge in [0.1, 0.15) is 0 Å². The molecule has 1 aromatic heterocycles. The van der Waals surface area contributed by atoms with Gasteiger partial charge in [-0.3, -0.25) is 0 Å². The lowest BCUT2D eigenvalue weighted by Gasteiger charge is -2.34. The maximum Gasteiger partial charge on any atom is 0.374 e. The standard InChI is InChI=1S/C16H22N4O2.C2H6/c1-4-22-16(21)15-17-12-6-5-7-13(14(12)19(15)3)20-10-8-18(2)9-11-20;1-2/h5-7H,4,8-11H2,1-3H3;1-2H3. The number of benzene rings is 1. The minimum absolute atomic E-state index is 0.355. The molecule has 1 fully saturated rings. The Kier molecular flexibility index (Phi) is 6.20. The number of aromatic nitrogens is 2. The van der Waals surface area contributed by atoms with E-state index >= 15 is 0 Å². The lowest BCUT2D eigenvalue weighted by molar-refractivity contribution is 0.0508. The van der Waals surface area contributed by atoms with Crippen LogP contribution in [0.3, 0.4) is 0 Å². The Bertz CT molecular complexity index is 688. The van der Waals surface area contributed by atoms with Crippen LogP contribution in [0.5, 0.6) is 0 Å². The van der Waals surface area contributed by atoms with Crippen LogP contribution in [0.1, 0.15) is 31.4 Å². The molecule has 6 heteroatoms. The van der Waals surface area contributed by atoms with E-state index in [-0.39, 0.29) is 5.97 Å². The molecule has 0 radical (unpaired) electrons. The minimum atomic E-state index is -0.370. The van der Waals surface area contributed by atoms with Crippen LogP contribution in [0.2, 0.25) is 0 Å². The number of nitrogens with zero attached hydrogens (tertiary/aromatic N) is 4. The van der Waals surface area contributed by atoms with Crippen molar-refractivity contribution in [2.75, 3.05) is 44.7 Å². The van der Waals surface area contributed by atoms with E-state index in [1.165, 1.54) is 0 Å². The molecule has 0 saturated carbocycles. The molecule has 0 aliphatic carbocycles. The van der Waals surface area contributed by atoms with E-state index in [1.807, 2.05) is 37.6 Å². The van der Waals surface area contributed by atoms with E-state index in [9.17, 15) is 4.79 Å². The molecule has 0 bridgehead atoms. The zero-order chi connectivity index (χ0) is 17.7. The summed E-state index contributed by atoms with van der Waals surface area (Å²) in [4.78, 5) is 21.2. The number of hydrogen-bond donors (Lipinski definition) is 0. The molecular formula is C18H28N4O2. The van der Waals surface area contributed by atoms with Crippen LogP contribution in [0.4, 0.5) is 5.69 Å². The van der Waals surface area contributed by atoms with Crippen LogP contribution in [0, 0.1) is 0 Å². The third kappa shape index (κ3) is 3.53. The highest BCUT2D eigenvalue weighted by Crippen LogP contribution is 2.28. The molecule has 0 atom stereocenters. The average Bonchev–Trinajstić information content (AvgIpc) is 2.95. The monoisotopic (exact) mass is 332 g/mol. The SMILES string of the molecule is CC.CCOC(=O)c1nc2cccc(N3CCN(C)CC3)c2n1C. The molecule has 24 heavy (non-hydrogen) atoms. The molecule has 1 saturated heterocycles. The highest BCUT2D eigenvalue weighted by Gasteiger charge is 2.22. The number of para-hydroxylation sites is 1. The van der Waals surface area contributed by atoms with Crippen molar-refractivity contribution in [1.29, 1.82) is 0 Å². The summed E-state index contributed by atoms with van der Waals surface area (Å²) in [5.41, 5.74) is 2.97. The number of piperazine rings is 1. The van der Waals surface area contributed by atoms with Crippen LogP contribution in [-0.2, 0) is 11.8 Å². The molecule has 1 aliphatic heterocycles. The molecule has 3 rings (SSSR count). The number of fused-ring (bicyclic) bond motifs is 1. The number of likely N-dealkylation sites (N-methyl/N-ethyl adjacent to an activating group) is 1. The Hall–Kier alpha value is -2.08. The second kappa shape index (κ2) is 8.15. The van der Waals surface area contributed by atoms with Crippen LogP contribution in [0.25, 0.3) is 11.0 Å². The summed E-state index contributed by atoms with van der Waals surface area (Å²) in [6.45, 7) is 10.2. The van der Waals surface area contributed by atoms with Crippen molar-refractivity contribution >= 4 is 22.7 Å². The lowest BCUT2D eigenvalue weighted by Crippen LogP contribution is -2.44. The van der Waals surface area contributed by atoms with Crippen LogP contribution < -0.4 is 4.90 Å². The van der Waals surface area contributed by atoms with Gasteiger partial charge in [-0.25, -0.2) is 9.78 Å². The third-order valence-corrected chi connectivity index (χ3v) is 4.17. The number of imidazole rings is 1. The summed E-state index contributed by atoms with van der Waals surface area (Å²) < 4.78 is 6.94. The zero-order valence-electron chi connectivity index (χ0n) is 15.4. The second-order valence-corrected chi connectivity index (χ2v) is 5.65. The van der Waals surface area contributed by atoms with Crippen LogP contribution in [0.15, 0.2) is 18.2 Å². The molecule has 0 spiro atoms. The first-order chi connectivity index (χ1) is 11.6. The number of hydrogen-bond acceptors (Lipinski definition) is 5. The van der Waals surface area contributed by atoms with Gasteiger partial charge in [-0.1, -0.05) is 19.9 Å². The van der Waals surface area contributed by atoms with Crippen LogP contribution >= 0.6 is 0 Å². The maximum absolute atomic E-state index is 12.0. The first kappa shape index (κ1) is 18.3. The molecule has 132 valence electrons. The van der Waals surface area contributed by atoms with Crippen molar-refractivity contribution < 1.29 is 9.53 Å². The number of rotatable bonds is 3. The van der Waals surface area contributed by atoms with Gasteiger partial charge in [0.25, 0.3) is 0 Å². The van der Waals surface area contributed by atoms with Crippen molar-refractivity contribution in [3.63, 3.8) is 0 Å². The Labute approximate surface area is 144 Å².